The first-order valence-corrected chi connectivity index (χ1v) is 7.89. The molecule has 0 unspecified atom stereocenters. The first kappa shape index (κ1) is 13.5. The second-order valence-electron chi connectivity index (χ2n) is 4.54. The fourth-order valence-corrected chi connectivity index (χ4v) is 3.86. The van der Waals surface area contributed by atoms with Gasteiger partial charge in [-0.2, -0.15) is 4.31 Å². The van der Waals surface area contributed by atoms with E-state index < -0.39 is 10.0 Å². The highest BCUT2D eigenvalue weighted by Gasteiger charge is 2.27. The molecule has 1 aliphatic heterocycles. The van der Waals surface area contributed by atoms with Crippen molar-refractivity contribution in [1.82, 2.24) is 9.62 Å². The Balaban J connectivity index is 2.37. The van der Waals surface area contributed by atoms with Crippen LogP contribution in [0.5, 0.6) is 0 Å². The summed E-state index contributed by atoms with van der Waals surface area (Å²) in [5, 5.41) is 3.28. The molecule has 0 spiro atoms. The number of nitrogens with one attached hydrogen (secondary N) is 1. The third-order valence-corrected chi connectivity index (χ3v) is 5.20. The van der Waals surface area contributed by atoms with Gasteiger partial charge in [-0.3, -0.25) is 0 Å². The van der Waals surface area contributed by atoms with E-state index in [2.05, 4.69) is 12.2 Å². The van der Waals surface area contributed by atoms with Crippen LogP contribution >= 0.6 is 0 Å². The van der Waals surface area contributed by atoms with Crippen molar-refractivity contribution in [3.05, 3.63) is 29.8 Å². The van der Waals surface area contributed by atoms with Gasteiger partial charge < -0.3 is 5.32 Å². The maximum absolute atomic E-state index is 12.6. The summed E-state index contributed by atoms with van der Waals surface area (Å²) in [6, 6.07) is 7.25. The zero-order chi connectivity index (χ0) is 13.0. The van der Waals surface area contributed by atoms with Crippen LogP contribution in [0.1, 0.15) is 25.3 Å². The molecule has 18 heavy (non-hydrogen) atoms. The van der Waals surface area contributed by atoms with Crippen molar-refractivity contribution in [3.8, 4) is 0 Å². The lowest BCUT2D eigenvalue weighted by molar-refractivity contribution is 0.390. The second-order valence-corrected chi connectivity index (χ2v) is 6.45. The molecule has 0 atom stereocenters. The van der Waals surface area contributed by atoms with Crippen LogP contribution in [0.25, 0.3) is 0 Å². The van der Waals surface area contributed by atoms with Crippen LogP contribution in [0.2, 0.25) is 0 Å². The van der Waals surface area contributed by atoms with E-state index in [4.69, 9.17) is 0 Å². The van der Waals surface area contributed by atoms with E-state index in [9.17, 15) is 8.42 Å². The van der Waals surface area contributed by atoms with Crippen LogP contribution in [-0.2, 0) is 16.6 Å². The Bertz CT molecular complexity index is 499. The summed E-state index contributed by atoms with van der Waals surface area (Å²) in [7, 11) is -3.32. The molecular formula is C13H20N2O2S. The summed E-state index contributed by atoms with van der Waals surface area (Å²) in [5.41, 5.74) is 0.860. The van der Waals surface area contributed by atoms with Crippen molar-refractivity contribution in [2.45, 2.75) is 31.2 Å². The Morgan fingerprint density at radius 2 is 2.11 bits per heavy atom. The number of hydrogen-bond acceptors (Lipinski definition) is 3. The standard InChI is InChI=1S/C13H20N2O2S/c1-2-3-9-15-10-8-14-11-12-6-4-5-7-13(12)18(15,16)17/h4-7,14H,2-3,8-11H2,1H3. The predicted octanol–water partition coefficient (Wildman–Crippen LogP) is 1.58. The molecule has 1 aliphatic rings. The molecule has 0 bridgehead atoms. The molecule has 0 fully saturated rings. The van der Waals surface area contributed by atoms with Gasteiger partial charge in [0, 0.05) is 26.2 Å². The normalized spacial score (nSPS) is 19.8. The third kappa shape index (κ3) is 2.74. The lowest BCUT2D eigenvalue weighted by Crippen LogP contribution is -2.40. The van der Waals surface area contributed by atoms with Gasteiger partial charge in [0.05, 0.1) is 4.90 Å². The number of fused-ring (bicyclic) bond motifs is 1. The highest BCUT2D eigenvalue weighted by atomic mass is 32.2. The van der Waals surface area contributed by atoms with Crippen LogP contribution in [0.4, 0.5) is 0 Å². The number of rotatable bonds is 3. The maximum atomic E-state index is 12.6. The number of benzene rings is 1. The molecular weight excluding hydrogens is 248 g/mol. The molecule has 1 heterocycles. The van der Waals surface area contributed by atoms with Gasteiger partial charge in [-0.05, 0) is 18.1 Å². The number of unbranched alkanes of at least 4 members (excludes halogenated alkanes) is 1. The Morgan fingerprint density at radius 3 is 2.89 bits per heavy atom. The molecule has 1 aromatic rings. The molecule has 2 rings (SSSR count). The molecule has 5 heteroatoms. The minimum atomic E-state index is -3.32. The highest BCUT2D eigenvalue weighted by Crippen LogP contribution is 2.21. The summed E-state index contributed by atoms with van der Waals surface area (Å²) in [6.07, 6.45) is 1.91. The van der Waals surface area contributed by atoms with E-state index in [-0.39, 0.29) is 0 Å². The molecule has 0 amide bonds. The Labute approximate surface area is 109 Å². The van der Waals surface area contributed by atoms with Crippen LogP contribution in [0.15, 0.2) is 29.2 Å². The van der Waals surface area contributed by atoms with E-state index in [1.165, 1.54) is 0 Å². The van der Waals surface area contributed by atoms with E-state index in [1.807, 2.05) is 12.1 Å². The van der Waals surface area contributed by atoms with E-state index >= 15 is 0 Å². The van der Waals surface area contributed by atoms with Gasteiger partial charge in [0.25, 0.3) is 0 Å². The summed E-state index contributed by atoms with van der Waals surface area (Å²) < 4.78 is 26.8. The lowest BCUT2D eigenvalue weighted by atomic mass is 10.2. The molecule has 1 N–H and O–H groups in total. The Kier molecular flexibility index (Phi) is 4.37. The van der Waals surface area contributed by atoms with Crippen molar-refractivity contribution in [3.63, 3.8) is 0 Å². The van der Waals surface area contributed by atoms with Crippen LogP contribution in [0.3, 0.4) is 0 Å². The topological polar surface area (TPSA) is 49.4 Å². The van der Waals surface area contributed by atoms with Crippen molar-refractivity contribution in [2.75, 3.05) is 19.6 Å². The van der Waals surface area contributed by atoms with E-state index in [1.54, 1.807) is 16.4 Å². The molecule has 0 aromatic heterocycles. The largest absolute Gasteiger partial charge is 0.311 e. The molecule has 4 nitrogen and oxygen atoms in total. The minimum absolute atomic E-state index is 0.452. The van der Waals surface area contributed by atoms with E-state index in [0.29, 0.717) is 31.1 Å². The van der Waals surface area contributed by atoms with Crippen molar-refractivity contribution in [2.24, 2.45) is 0 Å². The van der Waals surface area contributed by atoms with E-state index in [0.717, 1.165) is 18.4 Å². The molecule has 0 saturated heterocycles. The van der Waals surface area contributed by atoms with Crippen molar-refractivity contribution >= 4 is 10.0 Å². The number of hydrogen-bond donors (Lipinski definition) is 1. The van der Waals surface area contributed by atoms with Gasteiger partial charge in [0.1, 0.15) is 0 Å². The number of sulfonamides is 1. The van der Waals surface area contributed by atoms with Crippen molar-refractivity contribution in [1.29, 1.82) is 0 Å². The average Bonchev–Trinajstić information content (AvgIpc) is 2.36. The fourth-order valence-electron chi connectivity index (χ4n) is 2.15. The quantitative estimate of drug-likeness (QED) is 0.905. The smallest absolute Gasteiger partial charge is 0.243 e. The summed E-state index contributed by atoms with van der Waals surface area (Å²) in [6.45, 7) is 4.56. The van der Waals surface area contributed by atoms with Crippen LogP contribution in [0, 0.1) is 0 Å². The zero-order valence-electron chi connectivity index (χ0n) is 10.7. The summed E-state index contributed by atoms with van der Waals surface area (Å²) >= 11 is 0. The molecule has 0 saturated carbocycles. The van der Waals surface area contributed by atoms with Crippen LogP contribution in [-0.4, -0.2) is 32.4 Å². The SMILES string of the molecule is CCCCN1CCNCc2ccccc2S1(=O)=O. The lowest BCUT2D eigenvalue weighted by Gasteiger charge is -2.26. The predicted molar refractivity (Wildman–Crippen MR) is 71.8 cm³/mol. The monoisotopic (exact) mass is 268 g/mol. The maximum Gasteiger partial charge on any atom is 0.243 e. The van der Waals surface area contributed by atoms with Crippen molar-refractivity contribution < 1.29 is 8.42 Å². The van der Waals surface area contributed by atoms with Gasteiger partial charge in [-0.15, -0.1) is 0 Å². The minimum Gasteiger partial charge on any atom is -0.311 e. The van der Waals surface area contributed by atoms with Gasteiger partial charge in [-0.25, -0.2) is 8.42 Å². The Morgan fingerprint density at radius 1 is 1.33 bits per heavy atom. The van der Waals surface area contributed by atoms with Gasteiger partial charge in [-0.1, -0.05) is 31.5 Å². The third-order valence-electron chi connectivity index (χ3n) is 3.20. The van der Waals surface area contributed by atoms with Gasteiger partial charge >= 0.3 is 0 Å². The summed E-state index contributed by atoms with van der Waals surface area (Å²) in [4.78, 5) is 0.452. The first-order chi connectivity index (χ1) is 8.66. The second kappa shape index (κ2) is 5.82. The fraction of sp³-hybridized carbons (Fsp3) is 0.538. The molecule has 0 aliphatic carbocycles. The number of nitrogens with zero attached hydrogens (tertiary/aromatic N) is 1. The molecule has 0 radical (unpaired) electrons. The zero-order valence-corrected chi connectivity index (χ0v) is 11.5. The van der Waals surface area contributed by atoms with Gasteiger partial charge in [0.15, 0.2) is 0 Å². The molecule has 100 valence electrons. The Hall–Kier alpha value is -0.910. The average molecular weight is 268 g/mol. The summed E-state index contributed by atoms with van der Waals surface area (Å²) in [5.74, 6) is 0. The first-order valence-electron chi connectivity index (χ1n) is 6.45. The molecule has 1 aromatic carbocycles. The van der Waals surface area contributed by atoms with Crippen LogP contribution < -0.4 is 5.32 Å². The highest BCUT2D eigenvalue weighted by molar-refractivity contribution is 7.89. The van der Waals surface area contributed by atoms with Gasteiger partial charge in [0.2, 0.25) is 10.0 Å².